The summed E-state index contributed by atoms with van der Waals surface area (Å²) in [6, 6.07) is 10.9. The Labute approximate surface area is 127 Å². The molecule has 1 N–H and O–H groups in total. The molecular weight excluding hydrogens is 319 g/mol. The van der Waals surface area contributed by atoms with Crippen LogP contribution in [0, 0.1) is 19.7 Å². The Kier molecular flexibility index (Phi) is 4.31. The largest absolute Gasteiger partial charge is 0.385 e. The first-order chi connectivity index (χ1) is 9.29. The second-order valence-electron chi connectivity index (χ2n) is 5.54. The molecule has 0 saturated heterocycles. The average molecular weight is 337 g/mol. The van der Waals surface area contributed by atoms with E-state index in [1.807, 2.05) is 32.0 Å². The maximum atomic E-state index is 13.6. The SMILES string of the molecule is Cc1cc(C)cc(C(C)(O)Cc2cccc(F)c2Br)c1. The third-order valence-electron chi connectivity index (χ3n) is 3.41. The first-order valence-corrected chi connectivity index (χ1v) is 7.33. The quantitative estimate of drug-likeness (QED) is 0.864. The third kappa shape index (κ3) is 3.28. The topological polar surface area (TPSA) is 20.2 Å². The second kappa shape index (κ2) is 5.66. The van der Waals surface area contributed by atoms with Crippen molar-refractivity contribution >= 4 is 15.9 Å². The highest BCUT2D eigenvalue weighted by Crippen LogP contribution is 2.31. The minimum Gasteiger partial charge on any atom is -0.385 e. The van der Waals surface area contributed by atoms with E-state index in [1.54, 1.807) is 13.0 Å². The molecule has 0 aliphatic rings. The van der Waals surface area contributed by atoms with Crippen LogP contribution in [-0.2, 0) is 12.0 Å². The average Bonchev–Trinajstić information content (AvgIpc) is 2.33. The van der Waals surface area contributed by atoms with Crippen LogP contribution in [0.5, 0.6) is 0 Å². The first kappa shape index (κ1) is 15.2. The standard InChI is InChI=1S/C17H18BrFO/c1-11-7-12(2)9-14(8-11)17(3,20)10-13-5-4-6-15(19)16(13)18/h4-9,20H,10H2,1-3H3. The number of benzene rings is 2. The molecule has 0 heterocycles. The Morgan fingerprint density at radius 2 is 1.75 bits per heavy atom. The molecule has 0 fully saturated rings. The Morgan fingerprint density at radius 3 is 2.35 bits per heavy atom. The molecule has 1 atom stereocenters. The van der Waals surface area contributed by atoms with Gasteiger partial charge in [0.2, 0.25) is 0 Å². The van der Waals surface area contributed by atoms with Gasteiger partial charge in [-0.1, -0.05) is 41.5 Å². The van der Waals surface area contributed by atoms with Crippen molar-refractivity contribution in [2.24, 2.45) is 0 Å². The lowest BCUT2D eigenvalue weighted by Gasteiger charge is -2.25. The number of rotatable bonds is 3. The van der Waals surface area contributed by atoms with Gasteiger partial charge in [0.15, 0.2) is 0 Å². The van der Waals surface area contributed by atoms with Gasteiger partial charge >= 0.3 is 0 Å². The zero-order chi connectivity index (χ0) is 14.9. The molecule has 0 radical (unpaired) electrons. The molecule has 0 aromatic heterocycles. The van der Waals surface area contributed by atoms with Crippen LogP contribution >= 0.6 is 15.9 Å². The molecule has 0 aliphatic carbocycles. The fourth-order valence-corrected chi connectivity index (χ4v) is 2.85. The van der Waals surface area contributed by atoms with Gasteiger partial charge in [-0.05, 0) is 53.9 Å². The lowest BCUT2D eigenvalue weighted by molar-refractivity contribution is 0.0572. The van der Waals surface area contributed by atoms with Gasteiger partial charge in [-0.2, -0.15) is 0 Å². The Morgan fingerprint density at radius 1 is 1.15 bits per heavy atom. The van der Waals surface area contributed by atoms with Crippen molar-refractivity contribution in [3.05, 3.63) is 68.9 Å². The minimum atomic E-state index is -1.03. The minimum absolute atomic E-state index is 0.307. The van der Waals surface area contributed by atoms with Crippen LogP contribution in [0.1, 0.15) is 29.2 Å². The highest BCUT2D eigenvalue weighted by Gasteiger charge is 2.25. The van der Waals surface area contributed by atoms with Crippen LogP contribution in [0.4, 0.5) is 4.39 Å². The zero-order valence-corrected chi connectivity index (χ0v) is 13.5. The van der Waals surface area contributed by atoms with Crippen molar-refractivity contribution in [3.63, 3.8) is 0 Å². The summed E-state index contributed by atoms with van der Waals surface area (Å²) in [6.07, 6.45) is 0.355. The van der Waals surface area contributed by atoms with E-state index in [-0.39, 0.29) is 5.82 Å². The molecule has 0 aliphatic heterocycles. The molecule has 0 bridgehead atoms. The van der Waals surface area contributed by atoms with Crippen molar-refractivity contribution in [2.75, 3.05) is 0 Å². The van der Waals surface area contributed by atoms with E-state index in [2.05, 4.69) is 22.0 Å². The van der Waals surface area contributed by atoms with Gasteiger partial charge in [-0.25, -0.2) is 4.39 Å². The number of aryl methyl sites for hydroxylation is 2. The number of hydrogen-bond donors (Lipinski definition) is 1. The molecule has 2 aromatic rings. The molecule has 106 valence electrons. The summed E-state index contributed by atoms with van der Waals surface area (Å²) in [4.78, 5) is 0. The molecule has 0 amide bonds. The van der Waals surface area contributed by atoms with Crippen molar-refractivity contribution in [3.8, 4) is 0 Å². The normalized spacial score (nSPS) is 14.1. The van der Waals surface area contributed by atoms with Crippen LogP contribution in [-0.4, -0.2) is 5.11 Å². The number of aliphatic hydroxyl groups is 1. The molecule has 0 saturated carbocycles. The maximum Gasteiger partial charge on any atom is 0.137 e. The fourth-order valence-electron chi connectivity index (χ4n) is 2.44. The molecular formula is C17H18BrFO. The summed E-state index contributed by atoms with van der Waals surface area (Å²) in [5, 5.41) is 10.8. The van der Waals surface area contributed by atoms with E-state index >= 15 is 0 Å². The van der Waals surface area contributed by atoms with Crippen LogP contribution in [0.15, 0.2) is 40.9 Å². The predicted octanol–water partition coefficient (Wildman–Crippen LogP) is 4.66. The summed E-state index contributed by atoms with van der Waals surface area (Å²) in [5.74, 6) is -0.307. The van der Waals surface area contributed by atoms with Crippen molar-refractivity contribution < 1.29 is 9.50 Å². The maximum absolute atomic E-state index is 13.6. The highest BCUT2D eigenvalue weighted by atomic mass is 79.9. The van der Waals surface area contributed by atoms with Crippen molar-refractivity contribution in [1.82, 2.24) is 0 Å². The summed E-state index contributed by atoms with van der Waals surface area (Å²) >= 11 is 3.25. The predicted molar refractivity (Wildman–Crippen MR) is 83.3 cm³/mol. The van der Waals surface area contributed by atoms with Gasteiger partial charge < -0.3 is 5.11 Å². The molecule has 1 unspecified atom stereocenters. The lowest BCUT2D eigenvalue weighted by atomic mass is 9.87. The third-order valence-corrected chi connectivity index (χ3v) is 4.30. The van der Waals surface area contributed by atoms with Crippen molar-refractivity contribution in [1.29, 1.82) is 0 Å². The van der Waals surface area contributed by atoms with Crippen LogP contribution in [0.3, 0.4) is 0 Å². The first-order valence-electron chi connectivity index (χ1n) is 6.53. The van der Waals surface area contributed by atoms with Gasteiger partial charge in [0, 0.05) is 6.42 Å². The summed E-state index contributed by atoms with van der Waals surface area (Å²) < 4.78 is 14.0. The van der Waals surface area contributed by atoms with Crippen LogP contribution < -0.4 is 0 Å². The Hall–Kier alpha value is -1.19. The van der Waals surface area contributed by atoms with Gasteiger partial charge in [-0.3, -0.25) is 0 Å². The summed E-state index contributed by atoms with van der Waals surface area (Å²) in [6.45, 7) is 5.77. The van der Waals surface area contributed by atoms with E-state index in [1.165, 1.54) is 6.07 Å². The van der Waals surface area contributed by atoms with Crippen LogP contribution in [0.2, 0.25) is 0 Å². The fraction of sp³-hybridized carbons (Fsp3) is 0.294. The molecule has 0 spiro atoms. The Balaban J connectivity index is 2.37. The van der Waals surface area contributed by atoms with E-state index in [4.69, 9.17) is 0 Å². The van der Waals surface area contributed by atoms with Gasteiger partial charge in [-0.15, -0.1) is 0 Å². The van der Waals surface area contributed by atoms with Crippen LogP contribution in [0.25, 0.3) is 0 Å². The van der Waals surface area contributed by atoms with E-state index in [0.29, 0.717) is 10.9 Å². The summed E-state index contributed by atoms with van der Waals surface area (Å²) in [7, 11) is 0. The number of halogens is 2. The molecule has 2 aromatic carbocycles. The molecule has 3 heteroatoms. The van der Waals surface area contributed by atoms with Gasteiger partial charge in [0.05, 0.1) is 10.1 Å². The highest BCUT2D eigenvalue weighted by molar-refractivity contribution is 9.10. The van der Waals surface area contributed by atoms with Gasteiger partial charge in [0.25, 0.3) is 0 Å². The summed E-state index contributed by atoms with van der Waals surface area (Å²) in [5.41, 5.74) is 2.80. The monoisotopic (exact) mass is 336 g/mol. The van der Waals surface area contributed by atoms with E-state index in [9.17, 15) is 9.50 Å². The van der Waals surface area contributed by atoms with E-state index in [0.717, 1.165) is 22.3 Å². The van der Waals surface area contributed by atoms with Crippen molar-refractivity contribution in [2.45, 2.75) is 32.8 Å². The molecule has 1 nitrogen and oxygen atoms in total. The molecule has 2 rings (SSSR count). The van der Waals surface area contributed by atoms with Gasteiger partial charge in [0.1, 0.15) is 5.82 Å². The number of hydrogen-bond acceptors (Lipinski definition) is 1. The molecule has 20 heavy (non-hydrogen) atoms. The second-order valence-corrected chi connectivity index (χ2v) is 6.33. The van der Waals surface area contributed by atoms with E-state index < -0.39 is 5.60 Å². The zero-order valence-electron chi connectivity index (χ0n) is 11.9. The Bertz CT molecular complexity index is 615. The lowest BCUT2D eigenvalue weighted by Crippen LogP contribution is -2.25. The smallest absolute Gasteiger partial charge is 0.137 e.